The molecular weight excluding hydrogens is 654 g/mol. The van der Waals surface area contributed by atoms with Gasteiger partial charge in [0.1, 0.15) is 0 Å². The second kappa shape index (κ2) is 13.3. The van der Waals surface area contributed by atoms with Crippen LogP contribution in [0.1, 0.15) is 43.0 Å². The van der Waals surface area contributed by atoms with Crippen LogP contribution >= 0.6 is 7.92 Å². The number of hydrogen-bond acceptors (Lipinski definition) is 1. The third-order valence-electron chi connectivity index (χ3n) is 7.33. The number of nitrogens with one attached hydrogen (secondary N) is 1. The lowest BCUT2D eigenvalue weighted by Crippen LogP contribution is -2.53. The lowest BCUT2D eigenvalue weighted by Gasteiger charge is -2.33. The predicted octanol–water partition coefficient (Wildman–Crippen LogP) is 8.91. The Morgan fingerprint density at radius 1 is 0.617 bits per heavy atom. The zero-order chi connectivity index (χ0) is 35.3. The van der Waals surface area contributed by atoms with Crippen molar-refractivity contribution in [1.29, 1.82) is 5.41 Å². The van der Waals surface area contributed by atoms with Crippen molar-refractivity contribution >= 4 is 36.3 Å². The van der Waals surface area contributed by atoms with Crippen LogP contribution in [0.2, 0.25) is 0 Å². The summed E-state index contributed by atoms with van der Waals surface area (Å²) in [4.78, 5) is 0. The third-order valence-corrected chi connectivity index (χ3v) is 10.1. The van der Waals surface area contributed by atoms with E-state index in [0.29, 0.717) is 16.4 Å². The molecule has 0 saturated heterocycles. The molecule has 47 heavy (non-hydrogen) atoms. The third kappa shape index (κ3) is 6.62. The first-order valence-electron chi connectivity index (χ1n) is 14.1. The summed E-state index contributed by atoms with van der Waals surface area (Å²) in [5, 5.41) is 9.19. The van der Waals surface area contributed by atoms with E-state index in [2.05, 4.69) is 0 Å². The number of halogens is 10. The van der Waals surface area contributed by atoms with Gasteiger partial charge in [-0.05, 0) is 50.5 Å². The molecule has 0 aromatic heterocycles. The molecule has 0 spiro atoms. The lowest BCUT2D eigenvalue weighted by atomic mass is 9.39. The maximum Gasteiger partial charge on any atom is 0.258 e. The number of benzene rings is 4. The van der Waals surface area contributed by atoms with Crippen molar-refractivity contribution in [1.82, 2.24) is 0 Å². The molecule has 13 heteroatoms. The van der Waals surface area contributed by atoms with Gasteiger partial charge in [-0.15, -0.1) is 0 Å². The quantitative estimate of drug-likeness (QED) is 0.0504. The zero-order valence-electron chi connectivity index (χ0n) is 25.9. The highest BCUT2D eigenvalue weighted by atomic mass is 31.1. The predicted molar refractivity (Wildman–Crippen MR) is 166 cm³/mol. The fourth-order valence-electron chi connectivity index (χ4n) is 5.53. The standard InChI is InChI=1S/C34H27BF10NP/c1-15-12-16(2)32(17(3)13-15)47(33(46)18-10-8-7-9-11-18)19(14-34(4,5)6)35(20-22(36)26(40)30(44)27(41)23(20)37)21-24(38)28(42)31(45)29(43)25(21)39/h7-14,46H,1-6H3/b19-14+,46-33?. The first-order chi connectivity index (χ1) is 21.8. The van der Waals surface area contributed by atoms with Gasteiger partial charge in [-0.2, -0.15) is 0 Å². The lowest BCUT2D eigenvalue weighted by molar-refractivity contribution is 0.382. The number of aryl methyl sites for hydroxylation is 3. The first kappa shape index (κ1) is 35.9. The van der Waals surface area contributed by atoms with Gasteiger partial charge in [-0.1, -0.05) is 80.1 Å². The Labute approximate surface area is 266 Å². The molecule has 246 valence electrons. The maximum absolute atomic E-state index is 15.8. The van der Waals surface area contributed by atoms with Gasteiger partial charge in [0.15, 0.2) is 58.2 Å². The Morgan fingerprint density at radius 3 is 1.34 bits per heavy atom. The molecule has 4 aromatic carbocycles. The Bertz CT molecular complexity index is 1790. The van der Waals surface area contributed by atoms with Crippen molar-refractivity contribution in [2.45, 2.75) is 41.5 Å². The average Bonchev–Trinajstić information content (AvgIpc) is 3.00. The maximum atomic E-state index is 15.8. The molecule has 0 fully saturated rings. The fraction of sp³-hybridized carbons (Fsp3) is 0.206. The van der Waals surface area contributed by atoms with Crippen LogP contribution in [0, 0.1) is 89.8 Å². The largest absolute Gasteiger partial charge is 0.299 e. The van der Waals surface area contributed by atoms with Crippen molar-refractivity contribution in [2.75, 3.05) is 0 Å². The Kier molecular flexibility index (Phi) is 10.2. The monoisotopic (exact) mass is 681 g/mol. The van der Waals surface area contributed by atoms with Crippen molar-refractivity contribution in [3.05, 3.63) is 134 Å². The van der Waals surface area contributed by atoms with Crippen LogP contribution in [0.5, 0.6) is 0 Å². The van der Waals surface area contributed by atoms with Crippen LogP contribution in [-0.4, -0.2) is 12.2 Å². The van der Waals surface area contributed by atoms with E-state index in [1.54, 1.807) is 51.1 Å². The minimum Gasteiger partial charge on any atom is -0.299 e. The second-order valence-corrected chi connectivity index (χ2v) is 14.2. The van der Waals surface area contributed by atoms with Crippen molar-refractivity contribution in [2.24, 2.45) is 5.41 Å². The summed E-state index contributed by atoms with van der Waals surface area (Å²) in [5.74, 6) is -25.3. The normalized spacial score (nSPS) is 12.8. The molecule has 4 aromatic rings. The molecule has 1 N–H and O–H groups in total. The Hall–Kier alpha value is -3.92. The topological polar surface area (TPSA) is 23.9 Å². The summed E-state index contributed by atoms with van der Waals surface area (Å²) in [6.07, 6.45) is 1.22. The first-order valence-corrected chi connectivity index (χ1v) is 15.4. The summed E-state index contributed by atoms with van der Waals surface area (Å²) in [5.41, 5.74) is -3.14. The number of allylic oxidation sites excluding steroid dienone is 1. The number of hydrogen-bond donors (Lipinski definition) is 1. The molecule has 0 heterocycles. The smallest absolute Gasteiger partial charge is 0.258 e. The molecule has 0 amide bonds. The van der Waals surface area contributed by atoms with Crippen LogP contribution in [-0.2, 0) is 0 Å². The Balaban J connectivity index is 2.34. The molecule has 0 aliphatic rings. The Morgan fingerprint density at radius 2 is 0.979 bits per heavy atom. The molecule has 1 unspecified atom stereocenters. The molecule has 0 saturated carbocycles. The van der Waals surface area contributed by atoms with Gasteiger partial charge in [0.25, 0.3) is 6.71 Å². The van der Waals surface area contributed by atoms with E-state index < -0.39 is 94.4 Å². The minimum absolute atomic E-state index is 0.214. The van der Waals surface area contributed by atoms with E-state index in [1.807, 2.05) is 0 Å². The summed E-state index contributed by atoms with van der Waals surface area (Å²) < 4.78 is 151. The second-order valence-electron chi connectivity index (χ2n) is 12.1. The molecule has 1 atom stereocenters. The van der Waals surface area contributed by atoms with Crippen molar-refractivity contribution < 1.29 is 43.9 Å². The highest BCUT2D eigenvalue weighted by Crippen LogP contribution is 2.51. The van der Waals surface area contributed by atoms with E-state index >= 15 is 17.6 Å². The van der Waals surface area contributed by atoms with E-state index in [4.69, 9.17) is 0 Å². The average molecular weight is 681 g/mol. The van der Waals surface area contributed by atoms with Crippen molar-refractivity contribution in [3.8, 4) is 0 Å². The number of rotatable bonds is 7. The van der Waals surface area contributed by atoms with Crippen molar-refractivity contribution in [3.63, 3.8) is 0 Å². The fourth-order valence-corrected chi connectivity index (χ4v) is 8.55. The molecule has 1 nitrogen and oxygen atoms in total. The van der Waals surface area contributed by atoms with Gasteiger partial charge in [-0.25, -0.2) is 43.9 Å². The van der Waals surface area contributed by atoms with Crippen LogP contribution < -0.4 is 16.2 Å². The van der Waals surface area contributed by atoms with Crippen LogP contribution in [0.25, 0.3) is 0 Å². The van der Waals surface area contributed by atoms with Crippen LogP contribution in [0.3, 0.4) is 0 Å². The summed E-state index contributed by atoms with van der Waals surface area (Å²) in [6, 6.07) is 11.1. The molecule has 0 aliphatic heterocycles. The van der Waals surface area contributed by atoms with E-state index in [-0.39, 0.29) is 11.0 Å². The minimum atomic E-state index is -2.79. The van der Waals surface area contributed by atoms with Crippen LogP contribution in [0.15, 0.2) is 53.8 Å². The highest BCUT2D eigenvalue weighted by Gasteiger charge is 2.45. The van der Waals surface area contributed by atoms with E-state index in [9.17, 15) is 31.8 Å². The van der Waals surface area contributed by atoms with Gasteiger partial charge in [0.2, 0.25) is 0 Å². The molecule has 0 aliphatic carbocycles. The van der Waals surface area contributed by atoms with Crippen LogP contribution in [0.4, 0.5) is 43.9 Å². The highest BCUT2D eigenvalue weighted by molar-refractivity contribution is 7.88. The summed E-state index contributed by atoms with van der Waals surface area (Å²) >= 11 is 0. The van der Waals surface area contributed by atoms with E-state index in [1.165, 1.54) is 39.0 Å². The molecular formula is C34H27BF10NP. The van der Waals surface area contributed by atoms with E-state index in [0.717, 1.165) is 5.56 Å². The van der Waals surface area contributed by atoms with Gasteiger partial charge in [0, 0.05) is 16.5 Å². The van der Waals surface area contributed by atoms with Gasteiger partial charge < -0.3 is 0 Å². The molecule has 4 rings (SSSR count). The van der Waals surface area contributed by atoms with Gasteiger partial charge in [-0.3, -0.25) is 5.41 Å². The van der Waals surface area contributed by atoms with Gasteiger partial charge >= 0.3 is 0 Å². The molecule has 0 bridgehead atoms. The summed E-state index contributed by atoms with van der Waals surface area (Å²) in [7, 11) is -2.56. The van der Waals surface area contributed by atoms with Gasteiger partial charge in [0.05, 0.1) is 5.45 Å². The molecule has 0 radical (unpaired) electrons. The summed E-state index contributed by atoms with van der Waals surface area (Å²) in [6.45, 7) is 6.83. The SMILES string of the molecule is Cc1cc(C)c(P(C(=N)c2ccccc2)/C(=C/C(C)(C)C)B(c2c(F)c(F)c(F)c(F)c2F)c2c(F)c(F)c(F)c(F)c2F)c(C)c1. The zero-order valence-corrected chi connectivity index (χ0v) is 26.8.